The molecule has 0 saturated carbocycles. The smallest absolute Gasteiger partial charge is 0.354 e. The molecule has 11 heavy (non-hydrogen) atoms. The molecule has 0 aliphatic carbocycles. The highest BCUT2D eigenvalue weighted by atomic mass is 32.1. The van der Waals surface area contributed by atoms with E-state index in [2.05, 4.69) is 17.2 Å². The maximum Gasteiger partial charge on any atom is 0.354 e. The maximum atomic E-state index is 10.3. The van der Waals surface area contributed by atoms with Gasteiger partial charge in [-0.1, -0.05) is 24.4 Å². The highest BCUT2D eigenvalue weighted by molar-refractivity contribution is 7.89. The summed E-state index contributed by atoms with van der Waals surface area (Å²) >= 11 is 9.42. The zero-order valence-electron chi connectivity index (χ0n) is 5.27. The van der Waals surface area contributed by atoms with Gasteiger partial charge in [-0.2, -0.15) is 0 Å². The number of thiocarbonyl (C=S) groups is 2. The van der Waals surface area contributed by atoms with E-state index in [-0.39, 0.29) is 10.7 Å². The SMILES string of the molecule is O=C(O)C1=NC(=S)C(=S)C=C1. The number of carboxylic acid groups (broad SMARTS) is 1. The van der Waals surface area contributed by atoms with Gasteiger partial charge < -0.3 is 5.11 Å². The standard InChI is InChI=1S/C6H3NO2S2/c8-6(9)3-1-2-4(10)5(11)7-3/h1-2H,(H,8,9). The molecule has 0 aromatic carbocycles. The Morgan fingerprint density at radius 1 is 1.45 bits per heavy atom. The summed E-state index contributed by atoms with van der Waals surface area (Å²) in [5.74, 6) is -1.09. The van der Waals surface area contributed by atoms with Crippen LogP contribution in [0.5, 0.6) is 0 Å². The topological polar surface area (TPSA) is 49.7 Å². The van der Waals surface area contributed by atoms with Gasteiger partial charge in [0, 0.05) is 0 Å². The molecule has 1 rings (SSSR count). The number of nitrogens with zero attached hydrogens (tertiary/aromatic N) is 1. The fourth-order valence-electron chi connectivity index (χ4n) is 0.547. The molecule has 3 nitrogen and oxygen atoms in total. The number of dihydropyridines is 1. The molecule has 0 radical (unpaired) electrons. The molecule has 0 aromatic rings. The second-order valence-corrected chi connectivity index (χ2v) is 2.63. The largest absolute Gasteiger partial charge is 0.477 e. The molecule has 56 valence electrons. The molecule has 0 amide bonds. The fraction of sp³-hybridized carbons (Fsp3) is 0. The summed E-state index contributed by atoms with van der Waals surface area (Å²) in [6, 6.07) is 0. The Morgan fingerprint density at radius 3 is 2.55 bits per heavy atom. The van der Waals surface area contributed by atoms with Crippen molar-refractivity contribution < 1.29 is 9.90 Å². The Balaban J connectivity index is 2.98. The van der Waals surface area contributed by atoms with E-state index in [4.69, 9.17) is 17.3 Å². The highest BCUT2D eigenvalue weighted by Gasteiger charge is 2.12. The Kier molecular flexibility index (Phi) is 2.21. The molecular weight excluding hydrogens is 182 g/mol. The van der Waals surface area contributed by atoms with Crippen molar-refractivity contribution in [2.24, 2.45) is 4.99 Å². The Bertz CT molecular complexity index is 304. The molecule has 0 bridgehead atoms. The summed E-state index contributed by atoms with van der Waals surface area (Å²) in [5, 5.41) is 8.46. The van der Waals surface area contributed by atoms with Crippen molar-refractivity contribution in [1.29, 1.82) is 0 Å². The highest BCUT2D eigenvalue weighted by Crippen LogP contribution is 1.99. The monoisotopic (exact) mass is 185 g/mol. The van der Waals surface area contributed by atoms with Crippen LogP contribution in [0.15, 0.2) is 17.1 Å². The van der Waals surface area contributed by atoms with Crippen LogP contribution < -0.4 is 0 Å². The average Bonchev–Trinajstić information content (AvgIpc) is 1.94. The summed E-state index contributed by atoms with van der Waals surface area (Å²) in [7, 11) is 0. The molecule has 1 aliphatic rings. The molecule has 5 heteroatoms. The van der Waals surface area contributed by atoms with E-state index in [0.717, 1.165) is 0 Å². The van der Waals surface area contributed by atoms with Crippen LogP contribution in [0.2, 0.25) is 0 Å². The predicted molar refractivity (Wildman–Crippen MR) is 49.4 cm³/mol. The number of aliphatic carboxylic acids is 1. The Morgan fingerprint density at radius 2 is 2.09 bits per heavy atom. The number of hydrogen-bond donors (Lipinski definition) is 1. The Hall–Kier alpha value is -0.940. The van der Waals surface area contributed by atoms with Gasteiger partial charge in [0.25, 0.3) is 0 Å². The van der Waals surface area contributed by atoms with E-state index in [1.807, 2.05) is 0 Å². The van der Waals surface area contributed by atoms with Crippen molar-refractivity contribution in [3.05, 3.63) is 12.2 Å². The molecule has 1 heterocycles. The lowest BCUT2D eigenvalue weighted by Crippen LogP contribution is -2.18. The molecule has 0 spiro atoms. The normalized spacial score (nSPS) is 16.5. The summed E-state index contributed by atoms with van der Waals surface area (Å²) in [6.07, 6.45) is 2.80. The summed E-state index contributed by atoms with van der Waals surface area (Å²) in [4.78, 5) is 14.5. The van der Waals surface area contributed by atoms with Gasteiger partial charge in [0.1, 0.15) is 10.7 Å². The number of hydrogen-bond acceptors (Lipinski definition) is 3. The van der Waals surface area contributed by atoms with Crippen LogP contribution in [0.3, 0.4) is 0 Å². The van der Waals surface area contributed by atoms with Crippen LogP contribution in [-0.2, 0) is 4.79 Å². The Labute approximate surface area is 73.4 Å². The van der Waals surface area contributed by atoms with E-state index < -0.39 is 5.97 Å². The lowest BCUT2D eigenvalue weighted by Gasteiger charge is -2.01. The number of aliphatic imine (C=N–C) groups is 1. The molecule has 0 atom stereocenters. The van der Waals surface area contributed by atoms with E-state index in [0.29, 0.717) is 4.86 Å². The third-order valence-electron chi connectivity index (χ3n) is 1.04. The van der Waals surface area contributed by atoms with Gasteiger partial charge in [0.05, 0.1) is 4.86 Å². The predicted octanol–water partition coefficient (Wildman–Crippen LogP) is 0.779. The van der Waals surface area contributed by atoms with Crippen molar-refractivity contribution in [3.63, 3.8) is 0 Å². The second kappa shape index (κ2) is 2.98. The van der Waals surface area contributed by atoms with Crippen molar-refractivity contribution in [1.82, 2.24) is 0 Å². The molecule has 0 saturated heterocycles. The fourth-order valence-corrected chi connectivity index (χ4v) is 0.827. The molecule has 0 fully saturated rings. The zero-order chi connectivity index (χ0) is 8.43. The lowest BCUT2D eigenvalue weighted by atomic mass is 10.2. The van der Waals surface area contributed by atoms with Crippen molar-refractivity contribution in [2.75, 3.05) is 0 Å². The van der Waals surface area contributed by atoms with Crippen molar-refractivity contribution >= 4 is 46.0 Å². The van der Waals surface area contributed by atoms with Crippen LogP contribution in [0.4, 0.5) is 0 Å². The molecule has 0 unspecified atom stereocenters. The van der Waals surface area contributed by atoms with E-state index in [1.54, 1.807) is 0 Å². The lowest BCUT2D eigenvalue weighted by molar-refractivity contribution is -0.129. The van der Waals surface area contributed by atoms with Crippen LogP contribution >= 0.6 is 24.4 Å². The first kappa shape index (κ1) is 8.16. The first-order chi connectivity index (χ1) is 5.11. The van der Waals surface area contributed by atoms with Crippen LogP contribution in [0.25, 0.3) is 0 Å². The van der Waals surface area contributed by atoms with Crippen molar-refractivity contribution in [3.8, 4) is 0 Å². The van der Waals surface area contributed by atoms with E-state index in [1.165, 1.54) is 12.2 Å². The van der Waals surface area contributed by atoms with Crippen LogP contribution in [0, 0.1) is 0 Å². The van der Waals surface area contributed by atoms with Crippen LogP contribution in [-0.4, -0.2) is 26.6 Å². The minimum atomic E-state index is -1.09. The van der Waals surface area contributed by atoms with Crippen molar-refractivity contribution in [2.45, 2.75) is 0 Å². The van der Waals surface area contributed by atoms with E-state index >= 15 is 0 Å². The maximum absolute atomic E-state index is 10.3. The first-order valence-electron chi connectivity index (χ1n) is 2.69. The third kappa shape index (κ3) is 1.75. The quantitative estimate of drug-likeness (QED) is 0.613. The first-order valence-corrected chi connectivity index (χ1v) is 3.51. The summed E-state index contributed by atoms with van der Waals surface area (Å²) in [6.45, 7) is 0. The minimum absolute atomic E-state index is 0.0661. The number of carbonyl (C=O) groups is 1. The molecule has 1 aliphatic heterocycles. The third-order valence-corrected chi connectivity index (χ3v) is 1.81. The van der Waals surface area contributed by atoms with Crippen LogP contribution in [0.1, 0.15) is 0 Å². The van der Waals surface area contributed by atoms with Gasteiger partial charge in [-0.25, -0.2) is 9.79 Å². The second-order valence-electron chi connectivity index (χ2n) is 1.80. The van der Waals surface area contributed by atoms with Gasteiger partial charge in [-0.3, -0.25) is 0 Å². The molecular formula is C6H3NO2S2. The van der Waals surface area contributed by atoms with Gasteiger partial charge in [0.2, 0.25) is 0 Å². The number of carboxylic acids is 1. The van der Waals surface area contributed by atoms with Gasteiger partial charge in [-0.15, -0.1) is 0 Å². The summed E-state index contributed by atoms with van der Waals surface area (Å²) in [5.41, 5.74) is -0.0661. The minimum Gasteiger partial charge on any atom is -0.477 e. The molecule has 0 aromatic heterocycles. The van der Waals surface area contributed by atoms with E-state index in [9.17, 15) is 4.79 Å². The van der Waals surface area contributed by atoms with Gasteiger partial charge >= 0.3 is 5.97 Å². The van der Waals surface area contributed by atoms with Gasteiger partial charge in [-0.05, 0) is 12.2 Å². The van der Waals surface area contributed by atoms with Gasteiger partial charge in [0.15, 0.2) is 0 Å². The molecule has 1 N–H and O–H groups in total. The average molecular weight is 185 g/mol. The summed E-state index contributed by atoms with van der Waals surface area (Å²) < 4.78 is 0. The zero-order valence-corrected chi connectivity index (χ0v) is 6.91. The number of rotatable bonds is 1.